The highest BCUT2D eigenvalue weighted by atomic mass is 32.2. The van der Waals surface area contributed by atoms with E-state index in [1.165, 1.54) is 40.0 Å². The Kier molecular flexibility index (Phi) is 5.71. The normalized spacial score (nSPS) is 16.2. The van der Waals surface area contributed by atoms with Crippen molar-refractivity contribution in [2.24, 2.45) is 5.92 Å². The number of carbonyl (C=O) groups excluding carboxylic acids is 1. The van der Waals surface area contributed by atoms with Crippen LogP contribution in [0.2, 0.25) is 0 Å². The Balaban J connectivity index is 1.48. The molecule has 168 valence electrons. The number of thioether (sulfide) groups is 1. The van der Waals surface area contributed by atoms with Crippen LogP contribution in [0.3, 0.4) is 0 Å². The Labute approximate surface area is 199 Å². The first kappa shape index (κ1) is 21.8. The fourth-order valence-corrected chi connectivity index (χ4v) is 7.09. The summed E-state index contributed by atoms with van der Waals surface area (Å²) in [5, 5.41) is 14.5. The summed E-state index contributed by atoms with van der Waals surface area (Å²) in [6.07, 6.45) is 3.38. The van der Waals surface area contributed by atoms with Crippen LogP contribution in [-0.4, -0.2) is 36.2 Å². The molecular formula is C22H26N6OS3. The van der Waals surface area contributed by atoms with Gasteiger partial charge in [-0.25, -0.2) is 9.97 Å². The van der Waals surface area contributed by atoms with Gasteiger partial charge in [-0.3, -0.25) is 9.20 Å². The Bertz CT molecular complexity index is 1320. The molecule has 0 aliphatic heterocycles. The molecule has 0 bridgehead atoms. The number of amides is 1. The third-order valence-electron chi connectivity index (χ3n) is 5.92. The number of fused-ring (bicyclic) bond motifs is 5. The van der Waals surface area contributed by atoms with Gasteiger partial charge in [-0.15, -0.1) is 32.9 Å². The van der Waals surface area contributed by atoms with E-state index in [2.05, 4.69) is 45.7 Å². The topological polar surface area (TPSA) is 85.1 Å². The maximum absolute atomic E-state index is 12.5. The molecule has 10 heteroatoms. The zero-order valence-corrected chi connectivity index (χ0v) is 21.3. The third-order valence-corrected chi connectivity index (χ3v) is 8.98. The maximum atomic E-state index is 12.5. The number of nitrogens with zero attached hydrogens (tertiary/aromatic N) is 5. The second-order valence-corrected chi connectivity index (χ2v) is 12.0. The minimum absolute atomic E-state index is 0.0949. The van der Waals surface area contributed by atoms with Gasteiger partial charge in [-0.1, -0.05) is 32.5 Å². The molecule has 0 unspecified atom stereocenters. The maximum Gasteiger partial charge on any atom is 0.236 e. The average molecular weight is 487 g/mol. The largest absolute Gasteiger partial charge is 0.301 e. The molecule has 0 spiro atoms. The van der Waals surface area contributed by atoms with Crippen molar-refractivity contribution in [1.29, 1.82) is 0 Å². The molecule has 4 aromatic heterocycles. The molecule has 0 saturated carbocycles. The number of hydrogen-bond acceptors (Lipinski definition) is 8. The van der Waals surface area contributed by atoms with Gasteiger partial charge < -0.3 is 5.32 Å². The van der Waals surface area contributed by atoms with E-state index in [4.69, 9.17) is 4.98 Å². The van der Waals surface area contributed by atoms with E-state index in [9.17, 15) is 4.79 Å². The lowest BCUT2D eigenvalue weighted by Crippen LogP contribution is -2.14. The van der Waals surface area contributed by atoms with E-state index in [1.54, 1.807) is 0 Å². The Morgan fingerprint density at radius 3 is 2.78 bits per heavy atom. The van der Waals surface area contributed by atoms with Crippen LogP contribution in [0.4, 0.5) is 5.13 Å². The van der Waals surface area contributed by atoms with Crippen molar-refractivity contribution in [1.82, 2.24) is 24.6 Å². The molecule has 0 aromatic carbocycles. The van der Waals surface area contributed by atoms with Crippen LogP contribution in [0, 0.1) is 19.8 Å². The Morgan fingerprint density at radius 2 is 2.06 bits per heavy atom. The molecule has 0 radical (unpaired) electrons. The lowest BCUT2D eigenvalue weighted by atomic mass is 9.89. The van der Waals surface area contributed by atoms with Crippen molar-refractivity contribution >= 4 is 61.3 Å². The van der Waals surface area contributed by atoms with Crippen LogP contribution in [0.1, 0.15) is 59.9 Å². The summed E-state index contributed by atoms with van der Waals surface area (Å²) in [7, 11) is 0. The molecule has 4 aromatic rings. The Hall–Kier alpha value is -2.04. The SMILES string of the molecule is Cc1nc(NC(=O)CSc2nnc3c4c5c(sc4nc(C(C)C)n23)C[C@@H](C)CC5)sc1C. The predicted molar refractivity (Wildman–Crippen MR) is 132 cm³/mol. The Morgan fingerprint density at radius 1 is 1.25 bits per heavy atom. The smallest absolute Gasteiger partial charge is 0.236 e. The number of thiazole rings is 1. The van der Waals surface area contributed by atoms with E-state index in [0.29, 0.717) is 16.2 Å². The van der Waals surface area contributed by atoms with Gasteiger partial charge in [0.1, 0.15) is 10.7 Å². The molecule has 4 heterocycles. The van der Waals surface area contributed by atoms with Crippen LogP contribution >= 0.6 is 34.4 Å². The van der Waals surface area contributed by atoms with Crippen LogP contribution in [0.5, 0.6) is 0 Å². The number of carbonyl (C=O) groups is 1. The first-order chi connectivity index (χ1) is 15.3. The van der Waals surface area contributed by atoms with E-state index in [0.717, 1.165) is 45.1 Å². The second kappa shape index (κ2) is 8.39. The van der Waals surface area contributed by atoms with Crippen LogP contribution in [0.15, 0.2) is 5.16 Å². The lowest BCUT2D eigenvalue weighted by Gasteiger charge is -2.17. The summed E-state index contributed by atoms with van der Waals surface area (Å²) in [5.74, 6) is 2.02. The molecule has 7 nitrogen and oxygen atoms in total. The van der Waals surface area contributed by atoms with Gasteiger partial charge in [0.05, 0.1) is 16.8 Å². The highest BCUT2D eigenvalue weighted by molar-refractivity contribution is 7.99. The van der Waals surface area contributed by atoms with E-state index in [-0.39, 0.29) is 17.6 Å². The van der Waals surface area contributed by atoms with Crippen LogP contribution in [0.25, 0.3) is 15.9 Å². The molecule has 5 rings (SSSR count). The molecule has 32 heavy (non-hydrogen) atoms. The number of rotatable bonds is 5. The van der Waals surface area contributed by atoms with Crippen molar-refractivity contribution in [2.45, 2.75) is 65.0 Å². The third kappa shape index (κ3) is 3.82. The molecular weight excluding hydrogens is 460 g/mol. The fraction of sp³-hybridized carbons (Fsp3) is 0.500. The second-order valence-electron chi connectivity index (χ2n) is 8.80. The van der Waals surface area contributed by atoms with Crippen molar-refractivity contribution in [2.75, 3.05) is 11.1 Å². The molecule has 1 N–H and O–H groups in total. The number of aromatic nitrogens is 5. The van der Waals surface area contributed by atoms with E-state index >= 15 is 0 Å². The van der Waals surface area contributed by atoms with Crippen LogP contribution in [-0.2, 0) is 17.6 Å². The number of hydrogen-bond donors (Lipinski definition) is 1. The molecule has 0 saturated heterocycles. The van der Waals surface area contributed by atoms with Gasteiger partial charge in [-0.2, -0.15) is 0 Å². The van der Waals surface area contributed by atoms with Crippen molar-refractivity contribution in [3.63, 3.8) is 0 Å². The lowest BCUT2D eigenvalue weighted by molar-refractivity contribution is -0.113. The first-order valence-corrected chi connectivity index (χ1v) is 13.5. The summed E-state index contributed by atoms with van der Waals surface area (Å²) < 4.78 is 2.06. The van der Waals surface area contributed by atoms with Crippen molar-refractivity contribution in [3.8, 4) is 0 Å². The van der Waals surface area contributed by atoms with Crippen molar-refractivity contribution in [3.05, 3.63) is 26.8 Å². The summed E-state index contributed by atoms with van der Waals surface area (Å²) in [6.45, 7) is 10.5. The molecule has 0 fully saturated rings. The van der Waals surface area contributed by atoms with Gasteiger partial charge in [0.2, 0.25) is 5.91 Å². The highest BCUT2D eigenvalue weighted by Gasteiger charge is 2.26. The minimum Gasteiger partial charge on any atom is -0.301 e. The number of thiophene rings is 1. The minimum atomic E-state index is -0.0949. The summed E-state index contributed by atoms with van der Waals surface area (Å²) in [5.41, 5.74) is 3.22. The van der Waals surface area contributed by atoms with E-state index < -0.39 is 0 Å². The summed E-state index contributed by atoms with van der Waals surface area (Å²) in [6, 6.07) is 0. The van der Waals surface area contributed by atoms with Gasteiger partial charge in [0.25, 0.3) is 0 Å². The van der Waals surface area contributed by atoms with Gasteiger partial charge in [0.15, 0.2) is 15.9 Å². The first-order valence-electron chi connectivity index (χ1n) is 10.9. The van der Waals surface area contributed by atoms with E-state index in [1.807, 2.05) is 25.2 Å². The number of anilines is 1. The molecule has 1 amide bonds. The standard InChI is InChI=1S/C22H26N6OS3/c1-10(2)18-25-20-17(14-7-6-11(3)8-15(14)32-20)19-26-27-22(28(18)19)30-9-16(29)24-21-23-12(4)13(5)31-21/h10-11H,6-9H2,1-5H3,(H,23,24,29)/t11-/m0/s1. The zero-order chi connectivity index (χ0) is 22.6. The summed E-state index contributed by atoms with van der Waals surface area (Å²) in [4.78, 5) is 25.6. The van der Waals surface area contributed by atoms with Crippen molar-refractivity contribution < 1.29 is 4.79 Å². The monoisotopic (exact) mass is 486 g/mol. The predicted octanol–water partition coefficient (Wildman–Crippen LogP) is 5.39. The summed E-state index contributed by atoms with van der Waals surface area (Å²) >= 11 is 4.70. The molecule has 1 atom stereocenters. The van der Waals surface area contributed by atoms with Gasteiger partial charge in [0, 0.05) is 15.7 Å². The number of aryl methyl sites for hydroxylation is 3. The number of nitrogens with one attached hydrogen (secondary N) is 1. The average Bonchev–Trinajstić information content (AvgIpc) is 3.40. The zero-order valence-electron chi connectivity index (χ0n) is 18.9. The quantitative estimate of drug-likeness (QED) is 0.381. The molecule has 1 aliphatic carbocycles. The van der Waals surface area contributed by atoms with Crippen LogP contribution < -0.4 is 5.32 Å². The highest BCUT2D eigenvalue weighted by Crippen LogP contribution is 2.40. The molecule has 1 aliphatic rings. The van der Waals surface area contributed by atoms with Gasteiger partial charge >= 0.3 is 0 Å². The fourth-order valence-electron chi connectivity index (χ4n) is 4.13. The van der Waals surface area contributed by atoms with Gasteiger partial charge in [-0.05, 0) is 44.6 Å².